The molecule has 0 atom stereocenters. The van der Waals surface area contributed by atoms with E-state index in [0.717, 1.165) is 6.54 Å². The van der Waals surface area contributed by atoms with Gasteiger partial charge in [0.25, 0.3) is 0 Å². The minimum atomic E-state index is 0.903. The van der Waals surface area contributed by atoms with E-state index in [-0.39, 0.29) is 0 Å². The summed E-state index contributed by atoms with van der Waals surface area (Å²) in [4.78, 5) is 0. The van der Waals surface area contributed by atoms with Gasteiger partial charge in [-0.3, -0.25) is 0 Å². The molecule has 2 aromatic rings. The Bertz CT molecular complexity index is 652. The number of hydrogen-bond donors (Lipinski definition) is 1. The molecule has 0 saturated heterocycles. The van der Waals surface area contributed by atoms with Gasteiger partial charge in [0.05, 0.1) is 0 Å². The summed E-state index contributed by atoms with van der Waals surface area (Å²) >= 11 is 0. The zero-order valence-electron chi connectivity index (χ0n) is 14.4. The van der Waals surface area contributed by atoms with Gasteiger partial charge in [-0.25, -0.2) is 0 Å². The molecular weight excluding hydrogens is 254 g/mol. The van der Waals surface area contributed by atoms with Gasteiger partial charge in [-0.05, 0) is 93.1 Å². The molecular formula is C20H27N. The van der Waals surface area contributed by atoms with Crippen LogP contribution in [0.1, 0.15) is 38.9 Å². The van der Waals surface area contributed by atoms with Gasteiger partial charge in [0.1, 0.15) is 0 Å². The summed E-state index contributed by atoms with van der Waals surface area (Å²) in [6.45, 7) is 14.3. The third kappa shape index (κ3) is 2.75. The molecule has 0 fully saturated rings. The fraction of sp³-hybridized carbons (Fsp3) is 0.400. The molecule has 0 spiro atoms. The second kappa shape index (κ2) is 6.03. The molecule has 1 nitrogen and oxygen atoms in total. The predicted octanol–water partition coefficient (Wildman–Crippen LogP) is 4.92. The second-order valence-corrected chi connectivity index (χ2v) is 6.19. The maximum atomic E-state index is 3.29. The molecule has 0 saturated carbocycles. The molecule has 2 rings (SSSR count). The summed E-state index contributed by atoms with van der Waals surface area (Å²) in [6, 6.07) is 6.79. The first-order chi connectivity index (χ1) is 9.88. The lowest BCUT2D eigenvalue weighted by molar-refractivity contribution is 0.819. The Morgan fingerprint density at radius 3 is 1.81 bits per heavy atom. The lowest BCUT2D eigenvalue weighted by Gasteiger charge is -2.21. The normalized spacial score (nSPS) is 11.0. The largest absolute Gasteiger partial charge is 0.316 e. The summed E-state index contributed by atoms with van der Waals surface area (Å²) in [7, 11) is 2.01. The van der Waals surface area contributed by atoms with Crippen LogP contribution in [0.5, 0.6) is 0 Å². The molecule has 0 bridgehead atoms. The molecule has 2 aromatic carbocycles. The summed E-state index contributed by atoms with van der Waals surface area (Å²) in [5.74, 6) is 0. The molecule has 21 heavy (non-hydrogen) atoms. The van der Waals surface area contributed by atoms with Crippen LogP contribution in [-0.2, 0) is 6.54 Å². The fourth-order valence-corrected chi connectivity index (χ4v) is 3.17. The van der Waals surface area contributed by atoms with Crippen LogP contribution in [0, 0.1) is 41.5 Å². The van der Waals surface area contributed by atoms with E-state index in [1.165, 1.54) is 50.1 Å². The number of nitrogens with one attached hydrogen (secondary N) is 1. The average Bonchev–Trinajstić information content (AvgIpc) is 2.46. The van der Waals surface area contributed by atoms with Gasteiger partial charge in [0, 0.05) is 6.54 Å². The van der Waals surface area contributed by atoms with Crippen LogP contribution in [0.15, 0.2) is 18.2 Å². The van der Waals surface area contributed by atoms with Crippen LogP contribution in [0.2, 0.25) is 0 Å². The molecule has 0 amide bonds. The summed E-state index contributed by atoms with van der Waals surface area (Å²) in [5, 5.41) is 3.29. The summed E-state index contributed by atoms with van der Waals surface area (Å²) < 4.78 is 0. The average molecular weight is 281 g/mol. The van der Waals surface area contributed by atoms with Crippen molar-refractivity contribution in [2.75, 3.05) is 7.05 Å². The van der Waals surface area contributed by atoms with Crippen molar-refractivity contribution in [3.05, 3.63) is 57.1 Å². The number of benzene rings is 2. The summed E-state index contributed by atoms with van der Waals surface area (Å²) in [5.41, 5.74) is 12.6. The van der Waals surface area contributed by atoms with E-state index in [1.807, 2.05) is 7.05 Å². The standard InChI is InChI=1S/C20H27N/c1-12-8-9-18(11-21-7)19(10-12)20-16(5)14(3)13(2)15(4)17(20)6/h8-10,21H,11H2,1-7H3. The smallest absolute Gasteiger partial charge is 0.0208 e. The first-order valence-electron chi connectivity index (χ1n) is 7.70. The van der Waals surface area contributed by atoms with Crippen LogP contribution >= 0.6 is 0 Å². The van der Waals surface area contributed by atoms with Gasteiger partial charge in [0.2, 0.25) is 0 Å². The van der Waals surface area contributed by atoms with Crippen molar-refractivity contribution >= 4 is 0 Å². The van der Waals surface area contributed by atoms with Crippen molar-refractivity contribution in [1.29, 1.82) is 0 Å². The van der Waals surface area contributed by atoms with E-state index in [2.05, 4.69) is 65.1 Å². The molecule has 0 aliphatic carbocycles. The second-order valence-electron chi connectivity index (χ2n) is 6.19. The number of rotatable bonds is 3. The highest BCUT2D eigenvalue weighted by Crippen LogP contribution is 2.36. The Balaban J connectivity index is 2.81. The Kier molecular flexibility index (Phi) is 4.53. The highest BCUT2D eigenvalue weighted by atomic mass is 14.8. The van der Waals surface area contributed by atoms with E-state index in [0.29, 0.717) is 0 Å². The molecule has 0 aliphatic rings. The lowest BCUT2D eigenvalue weighted by atomic mass is 9.84. The molecule has 0 aliphatic heterocycles. The van der Waals surface area contributed by atoms with Crippen molar-refractivity contribution in [3.8, 4) is 11.1 Å². The van der Waals surface area contributed by atoms with Gasteiger partial charge in [-0.2, -0.15) is 0 Å². The zero-order chi connectivity index (χ0) is 15.7. The first-order valence-corrected chi connectivity index (χ1v) is 7.70. The maximum absolute atomic E-state index is 3.29. The minimum absolute atomic E-state index is 0.903. The van der Waals surface area contributed by atoms with E-state index in [4.69, 9.17) is 0 Å². The van der Waals surface area contributed by atoms with E-state index < -0.39 is 0 Å². The fourth-order valence-electron chi connectivity index (χ4n) is 3.17. The van der Waals surface area contributed by atoms with Crippen LogP contribution in [-0.4, -0.2) is 7.05 Å². The maximum Gasteiger partial charge on any atom is 0.0208 e. The molecule has 0 unspecified atom stereocenters. The highest BCUT2D eigenvalue weighted by Gasteiger charge is 2.16. The van der Waals surface area contributed by atoms with Crippen LogP contribution in [0.25, 0.3) is 11.1 Å². The van der Waals surface area contributed by atoms with Crippen molar-refractivity contribution in [1.82, 2.24) is 5.32 Å². The topological polar surface area (TPSA) is 12.0 Å². The van der Waals surface area contributed by atoms with Crippen molar-refractivity contribution in [2.45, 2.75) is 48.1 Å². The van der Waals surface area contributed by atoms with Gasteiger partial charge >= 0.3 is 0 Å². The van der Waals surface area contributed by atoms with Crippen LogP contribution < -0.4 is 5.32 Å². The highest BCUT2D eigenvalue weighted by molar-refractivity contribution is 5.77. The molecule has 0 heterocycles. The van der Waals surface area contributed by atoms with Crippen molar-refractivity contribution < 1.29 is 0 Å². The Morgan fingerprint density at radius 2 is 1.29 bits per heavy atom. The Hall–Kier alpha value is -1.60. The molecule has 1 heteroatoms. The number of hydrogen-bond acceptors (Lipinski definition) is 1. The van der Waals surface area contributed by atoms with E-state index >= 15 is 0 Å². The van der Waals surface area contributed by atoms with Crippen LogP contribution in [0.3, 0.4) is 0 Å². The van der Waals surface area contributed by atoms with Crippen molar-refractivity contribution in [3.63, 3.8) is 0 Å². The zero-order valence-corrected chi connectivity index (χ0v) is 14.4. The monoisotopic (exact) mass is 281 g/mol. The summed E-state index contributed by atoms with van der Waals surface area (Å²) in [6.07, 6.45) is 0. The quantitative estimate of drug-likeness (QED) is 0.841. The Morgan fingerprint density at radius 1 is 0.762 bits per heavy atom. The van der Waals surface area contributed by atoms with Gasteiger partial charge < -0.3 is 5.32 Å². The van der Waals surface area contributed by atoms with Gasteiger partial charge in [0.15, 0.2) is 0 Å². The minimum Gasteiger partial charge on any atom is -0.316 e. The molecule has 112 valence electrons. The van der Waals surface area contributed by atoms with Crippen LogP contribution in [0.4, 0.5) is 0 Å². The third-order valence-corrected chi connectivity index (χ3v) is 4.90. The van der Waals surface area contributed by atoms with Gasteiger partial charge in [-0.1, -0.05) is 23.8 Å². The molecule has 0 radical (unpaired) electrons. The van der Waals surface area contributed by atoms with E-state index in [1.54, 1.807) is 0 Å². The number of aryl methyl sites for hydroxylation is 1. The SMILES string of the molecule is CNCc1ccc(C)cc1-c1c(C)c(C)c(C)c(C)c1C. The first kappa shape index (κ1) is 15.8. The lowest BCUT2D eigenvalue weighted by Crippen LogP contribution is -2.08. The Labute approximate surface area is 129 Å². The molecule has 1 N–H and O–H groups in total. The van der Waals surface area contributed by atoms with Gasteiger partial charge in [-0.15, -0.1) is 0 Å². The third-order valence-electron chi connectivity index (χ3n) is 4.90. The molecule has 0 aromatic heterocycles. The van der Waals surface area contributed by atoms with Crippen molar-refractivity contribution in [2.24, 2.45) is 0 Å². The van der Waals surface area contributed by atoms with E-state index in [9.17, 15) is 0 Å². The predicted molar refractivity (Wildman–Crippen MR) is 93.1 cm³/mol.